The molecule has 35 heavy (non-hydrogen) atoms. The summed E-state index contributed by atoms with van der Waals surface area (Å²) in [4.78, 5) is 17.8. The summed E-state index contributed by atoms with van der Waals surface area (Å²) in [6.07, 6.45) is 3.07. The average molecular weight is 555 g/mol. The molecule has 2 heterocycles. The summed E-state index contributed by atoms with van der Waals surface area (Å²) >= 11 is 9.88. The topological polar surface area (TPSA) is 74.9 Å². The zero-order valence-corrected chi connectivity index (χ0v) is 21.2. The van der Waals surface area contributed by atoms with Crippen LogP contribution in [0.4, 0.5) is 0 Å². The predicted molar refractivity (Wildman–Crippen MR) is 139 cm³/mol. The Kier molecular flexibility index (Phi) is 6.74. The molecule has 178 valence electrons. The molecule has 1 aliphatic heterocycles. The number of ether oxygens (including phenoxy) is 3. The lowest BCUT2D eigenvalue weighted by molar-refractivity contribution is 0.174. The Balaban J connectivity index is 1.36. The molecule has 0 amide bonds. The van der Waals surface area contributed by atoms with Crippen molar-refractivity contribution in [2.24, 2.45) is 5.10 Å². The molecular weight excluding hydrogens is 534 g/mol. The normalized spacial score (nSPS) is 12.5. The fourth-order valence-electron chi connectivity index (χ4n) is 3.73. The van der Waals surface area contributed by atoms with Gasteiger partial charge in [-0.2, -0.15) is 9.78 Å². The molecule has 0 fully saturated rings. The zero-order chi connectivity index (χ0) is 24.4. The highest BCUT2D eigenvalue weighted by atomic mass is 79.9. The van der Waals surface area contributed by atoms with Gasteiger partial charge in [0.25, 0.3) is 5.56 Å². The molecule has 0 aliphatic carbocycles. The number of benzene rings is 3. The van der Waals surface area contributed by atoms with Crippen LogP contribution in [0.3, 0.4) is 0 Å². The molecule has 0 saturated carbocycles. The standard InChI is InChI=1S/C26H21BrClN3O4/c1-2-3-25-30-21-7-6-18(27)12-19(21)26(32)31(25)29-13-16-4-8-22(20(28)10-16)33-14-17-5-9-23-24(11-17)35-15-34-23/h4-13H,2-3,14-15H2,1H3. The van der Waals surface area contributed by atoms with Gasteiger partial charge < -0.3 is 14.2 Å². The number of rotatable bonds is 7. The summed E-state index contributed by atoms with van der Waals surface area (Å²) in [5.74, 6) is 2.59. The summed E-state index contributed by atoms with van der Waals surface area (Å²) < 4.78 is 18.8. The van der Waals surface area contributed by atoms with E-state index in [2.05, 4.69) is 26.0 Å². The minimum Gasteiger partial charge on any atom is -0.487 e. The van der Waals surface area contributed by atoms with Crippen LogP contribution in [0.25, 0.3) is 10.9 Å². The van der Waals surface area contributed by atoms with Gasteiger partial charge in [0, 0.05) is 10.9 Å². The van der Waals surface area contributed by atoms with Crippen LogP contribution in [-0.4, -0.2) is 22.7 Å². The Morgan fingerprint density at radius 2 is 2.00 bits per heavy atom. The van der Waals surface area contributed by atoms with Crippen LogP contribution in [0.15, 0.2) is 69.0 Å². The number of aromatic nitrogens is 2. The van der Waals surface area contributed by atoms with E-state index in [1.54, 1.807) is 24.4 Å². The quantitative estimate of drug-likeness (QED) is 0.264. The third kappa shape index (κ3) is 5.04. The van der Waals surface area contributed by atoms with Crippen LogP contribution in [-0.2, 0) is 13.0 Å². The van der Waals surface area contributed by atoms with Crippen molar-refractivity contribution >= 4 is 44.6 Å². The highest BCUT2D eigenvalue weighted by Gasteiger charge is 2.14. The molecule has 9 heteroatoms. The molecule has 0 radical (unpaired) electrons. The number of halogens is 2. The molecule has 0 N–H and O–H groups in total. The lowest BCUT2D eigenvalue weighted by atomic mass is 10.2. The van der Waals surface area contributed by atoms with Gasteiger partial charge in [0.15, 0.2) is 11.5 Å². The van der Waals surface area contributed by atoms with Crippen LogP contribution in [0.1, 0.15) is 30.3 Å². The van der Waals surface area contributed by atoms with Gasteiger partial charge in [-0.25, -0.2) is 4.98 Å². The van der Waals surface area contributed by atoms with Gasteiger partial charge in [0.05, 0.1) is 22.1 Å². The van der Waals surface area contributed by atoms with Gasteiger partial charge >= 0.3 is 0 Å². The molecule has 1 aliphatic rings. The second-order valence-corrected chi connectivity index (χ2v) is 9.29. The van der Waals surface area contributed by atoms with Gasteiger partial charge in [-0.1, -0.05) is 40.5 Å². The minimum atomic E-state index is -0.217. The molecule has 1 aromatic heterocycles. The second-order valence-electron chi connectivity index (χ2n) is 7.97. The van der Waals surface area contributed by atoms with Crippen LogP contribution in [0.2, 0.25) is 5.02 Å². The predicted octanol–water partition coefficient (Wildman–Crippen LogP) is 5.95. The van der Waals surface area contributed by atoms with Crippen molar-refractivity contribution in [3.63, 3.8) is 0 Å². The van der Waals surface area contributed by atoms with Crippen molar-refractivity contribution in [2.75, 3.05) is 6.79 Å². The number of aryl methyl sites for hydroxylation is 1. The van der Waals surface area contributed by atoms with Crippen LogP contribution in [0.5, 0.6) is 17.2 Å². The van der Waals surface area contributed by atoms with Gasteiger partial charge in [-0.3, -0.25) is 4.79 Å². The van der Waals surface area contributed by atoms with Crippen molar-refractivity contribution < 1.29 is 14.2 Å². The summed E-state index contributed by atoms with van der Waals surface area (Å²) in [6.45, 7) is 2.60. The molecule has 4 aromatic rings. The lowest BCUT2D eigenvalue weighted by Crippen LogP contribution is -2.22. The van der Waals surface area contributed by atoms with Gasteiger partial charge in [0.2, 0.25) is 6.79 Å². The number of hydrogen-bond donors (Lipinski definition) is 0. The Morgan fingerprint density at radius 3 is 2.83 bits per heavy atom. The third-order valence-corrected chi connectivity index (χ3v) is 6.25. The third-order valence-electron chi connectivity index (χ3n) is 5.46. The van der Waals surface area contributed by atoms with E-state index >= 15 is 0 Å². The first-order valence-corrected chi connectivity index (χ1v) is 12.3. The average Bonchev–Trinajstić information content (AvgIpc) is 3.32. The molecule has 0 saturated heterocycles. The highest BCUT2D eigenvalue weighted by Crippen LogP contribution is 2.33. The second kappa shape index (κ2) is 10.1. The lowest BCUT2D eigenvalue weighted by Gasteiger charge is -2.10. The maximum atomic E-state index is 13.1. The van der Waals surface area contributed by atoms with E-state index < -0.39 is 0 Å². The maximum Gasteiger partial charge on any atom is 0.282 e. The van der Waals surface area contributed by atoms with Crippen molar-refractivity contribution in [3.05, 3.63) is 91.4 Å². The van der Waals surface area contributed by atoms with Gasteiger partial charge in [-0.05, 0) is 66.1 Å². The molecule has 0 bridgehead atoms. The molecule has 3 aromatic carbocycles. The van der Waals surface area contributed by atoms with E-state index in [1.807, 2.05) is 43.3 Å². The van der Waals surface area contributed by atoms with E-state index in [0.717, 1.165) is 27.8 Å². The van der Waals surface area contributed by atoms with Gasteiger partial charge in [0.1, 0.15) is 18.2 Å². The molecule has 0 atom stereocenters. The van der Waals surface area contributed by atoms with E-state index in [0.29, 0.717) is 46.3 Å². The van der Waals surface area contributed by atoms with Crippen molar-refractivity contribution in [2.45, 2.75) is 26.4 Å². The van der Waals surface area contributed by atoms with Crippen molar-refractivity contribution in [1.82, 2.24) is 9.66 Å². The Hall–Kier alpha value is -3.36. The minimum absolute atomic E-state index is 0.217. The van der Waals surface area contributed by atoms with Gasteiger partial charge in [-0.15, -0.1) is 0 Å². The summed E-state index contributed by atoms with van der Waals surface area (Å²) in [5, 5.41) is 5.39. The smallest absolute Gasteiger partial charge is 0.282 e. The largest absolute Gasteiger partial charge is 0.487 e. The first-order valence-electron chi connectivity index (χ1n) is 11.1. The molecule has 5 rings (SSSR count). The van der Waals surface area contributed by atoms with Crippen molar-refractivity contribution in [1.29, 1.82) is 0 Å². The Bertz CT molecular complexity index is 1500. The summed E-state index contributed by atoms with van der Waals surface area (Å²) in [5.41, 5.74) is 2.11. The first kappa shape index (κ1) is 23.4. The van der Waals surface area contributed by atoms with Crippen molar-refractivity contribution in [3.8, 4) is 17.2 Å². The Morgan fingerprint density at radius 1 is 1.14 bits per heavy atom. The summed E-state index contributed by atoms with van der Waals surface area (Å²) in [6, 6.07) is 16.5. The highest BCUT2D eigenvalue weighted by molar-refractivity contribution is 9.10. The van der Waals surface area contributed by atoms with Crippen LogP contribution in [0, 0.1) is 0 Å². The summed E-state index contributed by atoms with van der Waals surface area (Å²) in [7, 11) is 0. The fraction of sp³-hybridized carbons (Fsp3) is 0.192. The molecule has 0 spiro atoms. The zero-order valence-electron chi connectivity index (χ0n) is 18.8. The number of nitrogens with zero attached hydrogens (tertiary/aromatic N) is 3. The molecule has 0 unspecified atom stereocenters. The van der Waals surface area contributed by atoms with E-state index in [9.17, 15) is 4.79 Å². The molecule has 7 nitrogen and oxygen atoms in total. The van der Waals surface area contributed by atoms with E-state index in [4.69, 9.17) is 25.8 Å². The van der Waals surface area contributed by atoms with E-state index in [-0.39, 0.29) is 12.4 Å². The maximum absolute atomic E-state index is 13.1. The van der Waals surface area contributed by atoms with Crippen LogP contribution >= 0.6 is 27.5 Å². The SMILES string of the molecule is CCCc1nc2ccc(Br)cc2c(=O)n1N=Cc1ccc(OCc2ccc3c(c2)OCO3)c(Cl)c1. The molecular formula is C26H21BrClN3O4. The van der Waals surface area contributed by atoms with Crippen LogP contribution < -0.4 is 19.8 Å². The van der Waals surface area contributed by atoms with E-state index in [1.165, 1.54) is 4.68 Å². The monoisotopic (exact) mass is 553 g/mol. The number of fused-ring (bicyclic) bond motifs is 2. The fourth-order valence-corrected chi connectivity index (χ4v) is 4.33. The Labute approximate surface area is 215 Å². The number of hydrogen-bond acceptors (Lipinski definition) is 6. The first-order chi connectivity index (χ1) is 17.0.